The second kappa shape index (κ2) is 11.3. The number of carbonyl (C=O) groups excluding carboxylic acids is 2. The number of nitrogens with one attached hydrogen (secondary N) is 3. The highest BCUT2D eigenvalue weighted by Gasteiger charge is 2.34. The zero-order valence-electron chi connectivity index (χ0n) is 21.0. The maximum Gasteiger partial charge on any atom is 0.416 e. The van der Waals surface area contributed by atoms with Gasteiger partial charge in [-0.1, -0.05) is 0 Å². The zero-order chi connectivity index (χ0) is 30.1. The van der Waals surface area contributed by atoms with E-state index >= 15 is 8.78 Å². The fraction of sp³-hybridized carbons (Fsp3) is 0.240. The molecule has 0 spiro atoms. The summed E-state index contributed by atoms with van der Waals surface area (Å²) in [5, 5.41) is 4.30. The van der Waals surface area contributed by atoms with E-state index in [4.69, 9.17) is 0 Å². The molecule has 218 valence electrons. The summed E-state index contributed by atoms with van der Waals surface area (Å²) in [7, 11) is -3.80. The summed E-state index contributed by atoms with van der Waals surface area (Å²) in [6.07, 6.45) is -2.34. The molecule has 0 aliphatic carbocycles. The number of hydrogen-bond acceptors (Lipinski definition) is 5. The molecular weight excluding hydrogens is 580 g/mol. The van der Waals surface area contributed by atoms with Crippen LogP contribution in [0.15, 0.2) is 48.7 Å². The molecule has 1 fully saturated rings. The summed E-state index contributed by atoms with van der Waals surface area (Å²) < 4.78 is 108. The van der Waals surface area contributed by atoms with E-state index in [2.05, 4.69) is 15.0 Å². The second-order valence-corrected chi connectivity index (χ2v) is 10.8. The van der Waals surface area contributed by atoms with Crippen LogP contribution in [0.25, 0.3) is 11.1 Å². The highest BCUT2D eigenvalue weighted by Crippen LogP contribution is 2.35. The Morgan fingerprint density at radius 1 is 1.05 bits per heavy atom. The third-order valence-corrected chi connectivity index (χ3v) is 6.59. The van der Waals surface area contributed by atoms with Crippen LogP contribution in [-0.4, -0.2) is 44.2 Å². The molecule has 0 saturated carbocycles. The van der Waals surface area contributed by atoms with E-state index in [1.165, 1.54) is 18.3 Å². The number of carbonyl (C=O) groups is 2. The Balaban J connectivity index is 1.52. The second-order valence-electron chi connectivity index (χ2n) is 9.01. The number of benzene rings is 2. The molecular formula is C25H21F6N5O4S. The zero-order valence-corrected chi connectivity index (χ0v) is 21.8. The molecule has 41 heavy (non-hydrogen) atoms. The van der Waals surface area contributed by atoms with Gasteiger partial charge in [-0.25, -0.2) is 31.4 Å². The van der Waals surface area contributed by atoms with Crippen LogP contribution in [0.1, 0.15) is 18.4 Å². The van der Waals surface area contributed by atoms with Gasteiger partial charge in [-0.2, -0.15) is 13.2 Å². The van der Waals surface area contributed by atoms with Crippen LogP contribution in [0, 0.1) is 17.5 Å². The molecule has 0 unspecified atom stereocenters. The molecule has 16 heteroatoms. The Bertz CT molecular complexity index is 1620. The minimum atomic E-state index is -4.79. The first-order valence-corrected chi connectivity index (χ1v) is 13.7. The molecule has 0 bridgehead atoms. The van der Waals surface area contributed by atoms with Crippen molar-refractivity contribution >= 4 is 39.2 Å². The van der Waals surface area contributed by atoms with Crippen LogP contribution < -0.4 is 20.3 Å². The van der Waals surface area contributed by atoms with Gasteiger partial charge in [-0.15, -0.1) is 0 Å². The fourth-order valence-electron chi connectivity index (χ4n) is 4.19. The first-order chi connectivity index (χ1) is 19.2. The third-order valence-electron chi connectivity index (χ3n) is 6.02. The van der Waals surface area contributed by atoms with Crippen molar-refractivity contribution in [3.05, 3.63) is 71.7 Å². The molecule has 1 aliphatic heterocycles. The molecule has 1 aliphatic rings. The van der Waals surface area contributed by atoms with Crippen LogP contribution in [-0.2, 0) is 21.0 Å². The lowest BCUT2D eigenvalue weighted by Crippen LogP contribution is -2.53. The standard InChI is InChI=1S/C25H21F6N5O4S/c1-41(39,40)35-22-15(4-2-10-32-22)14-7-9-19(21(28)20(14)27)36-11-3-5-18(23(36)37)34-24(38)33-17-8-6-13(12-16(17)26)25(29,30)31/h2,4,6-10,12,18H,3,5,11H2,1H3,(H,32,35)(H2,33,34,38)/t18-/m1/s1. The number of rotatable bonds is 6. The van der Waals surface area contributed by atoms with Gasteiger partial charge >= 0.3 is 12.2 Å². The van der Waals surface area contributed by atoms with Crippen molar-refractivity contribution in [3.8, 4) is 11.1 Å². The van der Waals surface area contributed by atoms with Gasteiger partial charge in [0, 0.05) is 23.9 Å². The van der Waals surface area contributed by atoms with E-state index in [0.717, 1.165) is 23.3 Å². The normalized spacial score (nSPS) is 15.9. The number of hydrogen-bond donors (Lipinski definition) is 3. The number of amides is 3. The minimum Gasteiger partial charge on any atom is -0.326 e. The quantitative estimate of drug-likeness (QED) is 0.348. The first-order valence-electron chi connectivity index (χ1n) is 11.8. The first kappa shape index (κ1) is 29.6. The van der Waals surface area contributed by atoms with Gasteiger partial charge in [0.2, 0.25) is 15.9 Å². The van der Waals surface area contributed by atoms with Crippen LogP contribution in [0.2, 0.25) is 0 Å². The molecule has 3 amide bonds. The number of sulfonamides is 1. The van der Waals surface area contributed by atoms with Gasteiger partial charge in [0.1, 0.15) is 17.7 Å². The fourth-order valence-corrected chi connectivity index (χ4v) is 4.71. The number of halogens is 6. The average molecular weight is 602 g/mol. The van der Waals surface area contributed by atoms with E-state index in [0.29, 0.717) is 12.1 Å². The number of urea groups is 1. The smallest absolute Gasteiger partial charge is 0.326 e. The lowest BCUT2D eigenvalue weighted by Gasteiger charge is -2.33. The highest BCUT2D eigenvalue weighted by molar-refractivity contribution is 7.92. The van der Waals surface area contributed by atoms with E-state index in [9.17, 15) is 35.6 Å². The number of alkyl halides is 3. The third kappa shape index (κ3) is 6.70. The summed E-state index contributed by atoms with van der Waals surface area (Å²) in [5.74, 6) is -5.21. The Morgan fingerprint density at radius 3 is 2.44 bits per heavy atom. The summed E-state index contributed by atoms with van der Waals surface area (Å²) in [6.45, 7) is -0.0321. The van der Waals surface area contributed by atoms with Crippen LogP contribution in [0.4, 0.5) is 48.3 Å². The predicted molar refractivity (Wildman–Crippen MR) is 137 cm³/mol. The van der Waals surface area contributed by atoms with Gasteiger partial charge in [0.05, 0.1) is 23.2 Å². The molecule has 2 aromatic carbocycles. The molecule has 0 radical (unpaired) electrons. The van der Waals surface area contributed by atoms with E-state index in [1.54, 1.807) is 0 Å². The Hall–Kier alpha value is -4.34. The number of anilines is 3. The number of aromatic nitrogens is 1. The summed E-state index contributed by atoms with van der Waals surface area (Å²) in [6, 6.07) is 4.11. The maximum absolute atomic E-state index is 15.3. The number of nitrogens with zero attached hydrogens (tertiary/aromatic N) is 2. The van der Waals surface area contributed by atoms with Crippen molar-refractivity contribution < 1.29 is 44.3 Å². The molecule has 4 rings (SSSR count). The van der Waals surface area contributed by atoms with Gasteiger partial charge in [0.15, 0.2) is 11.6 Å². The van der Waals surface area contributed by atoms with Crippen molar-refractivity contribution in [1.29, 1.82) is 0 Å². The average Bonchev–Trinajstić information content (AvgIpc) is 2.87. The Morgan fingerprint density at radius 2 is 1.78 bits per heavy atom. The predicted octanol–water partition coefficient (Wildman–Crippen LogP) is 4.87. The summed E-state index contributed by atoms with van der Waals surface area (Å²) in [4.78, 5) is 30.2. The lowest BCUT2D eigenvalue weighted by molar-refractivity contribution is -0.137. The van der Waals surface area contributed by atoms with Gasteiger partial charge < -0.3 is 15.5 Å². The van der Waals surface area contributed by atoms with Crippen molar-refractivity contribution in [3.63, 3.8) is 0 Å². The van der Waals surface area contributed by atoms with Crippen LogP contribution in [0.5, 0.6) is 0 Å². The molecule has 2 heterocycles. The molecule has 1 aromatic heterocycles. The van der Waals surface area contributed by atoms with Gasteiger partial charge in [-0.3, -0.25) is 9.52 Å². The van der Waals surface area contributed by atoms with Gasteiger partial charge in [-0.05, 0) is 55.3 Å². The maximum atomic E-state index is 15.3. The highest BCUT2D eigenvalue weighted by atomic mass is 32.2. The van der Waals surface area contributed by atoms with Crippen molar-refractivity contribution in [2.24, 2.45) is 0 Å². The molecule has 9 nitrogen and oxygen atoms in total. The Labute approximate surface area is 229 Å². The molecule has 1 saturated heterocycles. The number of piperidine rings is 1. The lowest BCUT2D eigenvalue weighted by atomic mass is 10.0. The van der Waals surface area contributed by atoms with E-state index in [-0.39, 0.29) is 42.4 Å². The van der Waals surface area contributed by atoms with Gasteiger partial charge in [0.25, 0.3) is 0 Å². The summed E-state index contributed by atoms with van der Waals surface area (Å²) in [5.41, 5.74) is -2.66. The Kier molecular flexibility index (Phi) is 8.15. The van der Waals surface area contributed by atoms with Crippen molar-refractivity contribution in [2.75, 3.05) is 27.7 Å². The number of pyridine rings is 1. The molecule has 3 aromatic rings. The largest absolute Gasteiger partial charge is 0.416 e. The molecule has 3 N–H and O–H groups in total. The topological polar surface area (TPSA) is 120 Å². The SMILES string of the molecule is CS(=O)(=O)Nc1ncccc1-c1ccc(N2CCC[C@@H](NC(=O)Nc3ccc(C(F)(F)F)cc3F)C2=O)c(F)c1F. The van der Waals surface area contributed by atoms with Crippen molar-refractivity contribution in [2.45, 2.75) is 25.1 Å². The minimum absolute atomic E-state index is 0.0321. The monoisotopic (exact) mass is 601 g/mol. The van der Waals surface area contributed by atoms with Crippen LogP contribution >= 0.6 is 0 Å². The van der Waals surface area contributed by atoms with E-state index < -0.39 is 68.6 Å². The van der Waals surface area contributed by atoms with Crippen molar-refractivity contribution in [1.82, 2.24) is 10.3 Å². The van der Waals surface area contributed by atoms with E-state index in [1.807, 2.05) is 5.32 Å². The van der Waals surface area contributed by atoms with Crippen LogP contribution in [0.3, 0.4) is 0 Å². The molecule has 1 atom stereocenters. The summed E-state index contributed by atoms with van der Waals surface area (Å²) >= 11 is 0.